The highest BCUT2D eigenvalue weighted by Crippen LogP contribution is 2.09. The van der Waals surface area contributed by atoms with Gasteiger partial charge in [-0.15, -0.1) is 0 Å². The second-order valence-electron chi connectivity index (χ2n) is 5.57. The summed E-state index contributed by atoms with van der Waals surface area (Å²) in [6.45, 7) is 2.18. The molecule has 0 aliphatic heterocycles. The van der Waals surface area contributed by atoms with Crippen LogP contribution in [0.2, 0.25) is 5.02 Å². The van der Waals surface area contributed by atoms with Gasteiger partial charge in [-0.25, -0.2) is 0 Å². The maximum absolute atomic E-state index is 11.9. The first-order chi connectivity index (χ1) is 12.5. The normalized spacial score (nSPS) is 10.1. The van der Waals surface area contributed by atoms with Crippen molar-refractivity contribution in [3.63, 3.8) is 0 Å². The van der Waals surface area contributed by atoms with Crippen LogP contribution in [0.4, 0.5) is 0 Å². The smallest absolute Gasteiger partial charge is 0.269 e. The predicted octanol–water partition coefficient (Wildman–Crippen LogP) is 2.48. The van der Waals surface area contributed by atoms with E-state index in [1.165, 1.54) is 0 Å². The fourth-order valence-corrected chi connectivity index (χ4v) is 2.27. The SMILES string of the molecule is CCc1ccc(C(=O)NNC(=O)CCNC(=O)c2ccc(Cl)cc2)cc1. The van der Waals surface area contributed by atoms with Crippen LogP contribution in [0, 0.1) is 0 Å². The summed E-state index contributed by atoms with van der Waals surface area (Å²) in [5.41, 5.74) is 6.71. The van der Waals surface area contributed by atoms with Crippen molar-refractivity contribution < 1.29 is 14.4 Å². The number of benzene rings is 2. The average Bonchev–Trinajstić information content (AvgIpc) is 2.66. The van der Waals surface area contributed by atoms with Crippen molar-refractivity contribution >= 4 is 29.3 Å². The molecule has 0 aliphatic rings. The molecule has 0 aliphatic carbocycles. The molecule has 6 nitrogen and oxygen atoms in total. The molecule has 0 aromatic heterocycles. The van der Waals surface area contributed by atoms with Crippen LogP contribution in [0.15, 0.2) is 48.5 Å². The molecular formula is C19H20ClN3O3. The molecule has 0 radical (unpaired) electrons. The molecule has 3 N–H and O–H groups in total. The first-order valence-corrected chi connectivity index (χ1v) is 8.59. The Balaban J connectivity index is 1.70. The van der Waals surface area contributed by atoms with E-state index in [1.807, 2.05) is 19.1 Å². The van der Waals surface area contributed by atoms with Gasteiger partial charge in [-0.2, -0.15) is 0 Å². The van der Waals surface area contributed by atoms with E-state index in [2.05, 4.69) is 16.2 Å². The lowest BCUT2D eigenvalue weighted by atomic mass is 10.1. The number of hydrogen-bond donors (Lipinski definition) is 3. The summed E-state index contributed by atoms with van der Waals surface area (Å²) in [7, 11) is 0. The number of nitrogens with one attached hydrogen (secondary N) is 3. The van der Waals surface area contributed by atoms with Crippen LogP contribution in [-0.2, 0) is 11.2 Å². The fourth-order valence-electron chi connectivity index (χ4n) is 2.15. The molecule has 0 fully saturated rings. The minimum Gasteiger partial charge on any atom is -0.352 e. The van der Waals surface area contributed by atoms with Gasteiger partial charge in [-0.3, -0.25) is 25.2 Å². The Morgan fingerprint density at radius 3 is 2.04 bits per heavy atom. The fraction of sp³-hybridized carbons (Fsp3) is 0.211. The maximum Gasteiger partial charge on any atom is 0.269 e. The van der Waals surface area contributed by atoms with Crippen LogP contribution in [0.5, 0.6) is 0 Å². The van der Waals surface area contributed by atoms with Gasteiger partial charge in [-0.05, 0) is 48.4 Å². The summed E-state index contributed by atoms with van der Waals surface area (Å²) >= 11 is 5.76. The Kier molecular flexibility index (Phi) is 7.17. The second-order valence-corrected chi connectivity index (χ2v) is 6.00. The number of rotatable bonds is 6. The molecule has 3 amide bonds. The van der Waals surface area contributed by atoms with Gasteiger partial charge >= 0.3 is 0 Å². The minimum atomic E-state index is -0.403. The van der Waals surface area contributed by atoms with Crippen molar-refractivity contribution in [3.05, 3.63) is 70.2 Å². The first-order valence-electron chi connectivity index (χ1n) is 8.21. The van der Waals surface area contributed by atoms with E-state index in [-0.39, 0.29) is 18.9 Å². The lowest BCUT2D eigenvalue weighted by Crippen LogP contribution is -2.42. The van der Waals surface area contributed by atoms with Gasteiger partial charge in [0.05, 0.1) is 0 Å². The van der Waals surface area contributed by atoms with Crippen LogP contribution in [0.3, 0.4) is 0 Å². The van der Waals surface area contributed by atoms with Gasteiger partial charge in [0, 0.05) is 29.1 Å². The number of hydrogen-bond acceptors (Lipinski definition) is 3. The molecule has 2 aromatic carbocycles. The molecule has 0 bridgehead atoms. The Labute approximate surface area is 156 Å². The van der Waals surface area contributed by atoms with Crippen molar-refractivity contribution in [2.45, 2.75) is 19.8 Å². The summed E-state index contributed by atoms with van der Waals surface area (Å²) in [5.74, 6) is -1.10. The summed E-state index contributed by atoms with van der Waals surface area (Å²) in [5, 5.41) is 3.17. The highest BCUT2D eigenvalue weighted by molar-refractivity contribution is 6.30. The zero-order valence-electron chi connectivity index (χ0n) is 14.3. The summed E-state index contributed by atoms with van der Waals surface area (Å²) in [6, 6.07) is 13.6. The number of carbonyl (C=O) groups excluding carboxylic acids is 3. The molecule has 7 heteroatoms. The first kappa shape index (κ1) is 19.5. The van der Waals surface area contributed by atoms with E-state index in [4.69, 9.17) is 11.6 Å². The van der Waals surface area contributed by atoms with Gasteiger partial charge in [-0.1, -0.05) is 30.7 Å². The molecule has 0 unspecified atom stereocenters. The van der Waals surface area contributed by atoms with Crippen LogP contribution < -0.4 is 16.2 Å². The Morgan fingerprint density at radius 2 is 1.42 bits per heavy atom. The standard InChI is InChI=1S/C19H20ClN3O3/c1-2-13-3-5-15(6-4-13)19(26)23-22-17(24)11-12-21-18(25)14-7-9-16(20)10-8-14/h3-10H,2,11-12H2,1H3,(H,21,25)(H,22,24)(H,23,26). The van der Waals surface area contributed by atoms with Crippen LogP contribution in [-0.4, -0.2) is 24.3 Å². The third-order valence-corrected chi connectivity index (χ3v) is 3.94. The van der Waals surface area contributed by atoms with Crippen molar-refractivity contribution in [1.29, 1.82) is 0 Å². The minimum absolute atomic E-state index is 0.0361. The van der Waals surface area contributed by atoms with E-state index >= 15 is 0 Å². The highest BCUT2D eigenvalue weighted by atomic mass is 35.5. The number of carbonyl (C=O) groups is 3. The number of amides is 3. The number of aryl methyl sites for hydroxylation is 1. The number of halogens is 1. The summed E-state index contributed by atoms with van der Waals surface area (Å²) < 4.78 is 0. The zero-order valence-corrected chi connectivity index (χ0v) is 15.1. The van der Waals surface area contributed by atoms with Crippen LogP contribution in [0.1, 0.15) is 39.6 Å². The van der Waals surface area contributed by atoms with E-state index in [0.29, 0.717) is 16.1 Å². The van der Waals surface area contributed by atoms with Crippen molar-refractivity contribution in [2.75, 3.05) is 6.54 Å². The van der Waals surface area contributed by atoms with Crippen molar-refractivity contribution in [1.82, 2.24) is 16.2 Å². The molecule has 136 valence electrons. The summed E-state index contributed by atoms with van der Waals surface area (Å²) in [6.07, 6.45) is 0.925. The van der Waals surface area contributed by atoms with Gasteiger partial charge in [0.15, 0.2) is 0 Å². The van der Waals surface area contributed by atoms with Gasteiger partial charge in [0.2, 0.25) is 5.91 Å². The topological polar surface area (TPSA) is 87.3 Å². The lowest BCUT2D eigenvalue weighted by Gasteiger charge is -2.09. The second kappa shape index (κ2) is 9.58. The zero-order chi connectivity index (χ0) is 18.9. The molecule has 0 heterocycles. The Bertz CT molecular complexity index is 774. The molecule has 2 rings (SSSR count). The summed E-state index contributed by atoms with van der Waals surface area (Å²) in [4.78, 5) is 35.6. The number of hydrazine groups is 1. The lowest BCUT2D eigenvalue weighted by molar-refractivity contribution is -0.121. The molecular weight excluding hydrogens is 354 g/mol. The predicted molar refractivity (Wildman–Crippen MR) is 99.8 cm³/mol. The van der Waals surface area contributed by atoms with Gasteiger partial charge in [0.1, 0.15) is 0 Å². The Morgan fingerprint density at radius 1 is 0.846 bits per heavy atom. The van der Waals surface area contributed by atoms with E-state index in [1.54, 1.807) is 36.4 Å². The van der Waals surface area contributed by atoms with Crippen molar-refractivity contribution in [3.8, 4) is 0 Å². The monoisotopic (exact) mass is 373 g/mol. The molecule has 0 saturated carbocycles. The highest BCUT2D eigenvalue weighted by Gasteiger charge is 2.09. The quantitative estimate of drug-likeness (QED) is 0.680. The van der Waals surface area contributed by atoms with E-state index < -0.39 is 11.8 Å². The average molecular weight is 374 g/mol. The molecule has 0 atom stereocenters. The molecule has 0 spiro atoms. The van der Waals surface area contributed by atoms with Crippen LogP contribution >= 0.6 is 11.6 Å². The Hall–Kier alpha value is -2.86. The van der Waals surface area contributed by atoms with Gasteiger partial charge in [0.25, 0.3) is 11.8 Å². The van der Waals surface area contributed by atoms with Crippen LogP contribution in [0.25, 0.3) is 0 Å². The molecule has 26 heavy (non-hydrogen) atoms. The van der Waals surface area contributed by atoms with Crippen molar-refractivity contribution in [2.24, 2.45) is 0 Å². The third kappa shape index (κ3) is 5.89. The van der Waals surface area contributed by atoms with Gasteiger partial charge < -0.3 is 5.32 Å². The maximum atomic E-state index is 11.9. The third-order valence-electron chi connectivity index (χ3n) is 3.68. The molecule has 2 aromatic rings. The molecule has 0 saturated heterocycles. The largest absolute Gasteiger partial charge is 0.352 e. The van der Waals surface area contributed by atoms with E-state index in [0.717, 1.165) is 12.0 Å². The van der Waals surface area contributed by atoms with E-state index in [9.17, 15) is 14.4 Å².